The summed E-state index contributed by atoms with van der Waals surface area (Å²) >= 11 is 0. The van der Waals surface area contributed by atoms with E-state index in [4.69, 9.17) is 15.2 Å². The van der Waals surface area contributed by atoms with Crippen LogP contribution in [0, 0.1) is 0 Å². The van der Waals surface area contributed by atoms with E-state index in [9.17, 15) is 0 Å². The zero-order valence-corrected chi connectivity index (χ0v) is 8.16. The predicted octanol–water partition coefficient (Wildman–Crippen LogP) is -0.218. The van der Waals surface area contributed by atoms with Gasteiger partial charge in [0.25, 0.3) is 0 Å². The van der Waals surface area contributed by atoms with Crippen LogP contribution in [0.4, 0.5) is 0 Å². The highest BCUT2D eigenvalue weighted by atomic mass is 16.7. The third kappa shape index (κ3) is 1.72. The highest BCUT2D eigenvalue weighted by Gasteiger charge is 2.44. The molecule has 2 aliphatic heterocycles. The van der Waals surface area contributed by atoms with E-state index in [-0.39, 0.29) is 5.79 Å². The predicted molar refractivity (Wildman–Crippen MR) is 49.3 cm³/mol. The molecule has 2 fully saturated rings. The highest BCUT2D eigenvalue weighted by Crippen LogP contribution is 2.31. The van der Waals surface area contributed by atoms with Crippen molar-refractivity contribution < 1.29 is 9.47 Å². The molecule has 0 radical (unpaired) electrons. The van der Waals surface area contributed by atoms with Gasteiger partial charge in [-0.15, -0.1) is 0 Å². The summed E-state index contributed by atoms with van der Waals surface area (Å²) in [5.41, 5.74) is 5.62. The summed E-state index contributed by atoms with van der Waals surface area (Å²) < 4.78 is 11.2. The van der Waals surface area contributed by atoms with Crippen molar-refractivity contribution >= 4 is 0 Å². The second-order valence-corrected chi connectivity index (χ2v) is 3.91. The van der Waals surface area contributed by atoms with Crippen molar-refractivity contribution in [3.63, 3.8) is 0 Å². The van der Waals surface area contributed by atoms with E-state index in [2.05, 4.69) is 11.8 Å². The van der Waals surface area contributed by atoms with E-state index in [1.807, 2.05) is 0 Å². The quantitative estimate of drug-likeness (QED) is 0.648. The van der Waals surface area contributed by atoms with Crippen molar-refractivity contribution in [2.75, 3.05) is 32.8 Å². The summed E-state index contributed by atoms with van der Waals surface area (Å²) in [6.07, 6.45) is 0.983. The minimum atomic E-state index is -0.288. The van der Waals surface area contributed by atoms with Gasteiger partial charge in [0.05, 0.1) is 19.8 Å². The fraction of sp³-hybridized carbons (Fsp3) is 1.00. The largest absolute Gasteiger partial charge is 0.346 e. The number of likely N-dealkylation sites (tertiary alicyclic amines) is 1. The van der Waals surface area contributed by atoms with Gasteiger partial charge in [0.15, 0.2) is 5.79 Å². The number of rotatable bonds is 2. The van der Waals surface area contributed by atoms with Crippen LogP contribution >= 0.6 is 0 Å². The lowest BCUT2D eigenvalue weighted by atomic mass is 10.2. The van der Waals surface area contributed by atoms with Gasteiger partial charge < -0.3 is 15.2 Å². The molecule has 0 bridgehead atoms. The first kappa shape index (κ1) is 9.40. The van der Waals surface area contributed by atoms with Crippen molar-refractivity contribution in [3.05, 3.63) is 0 Å². The van der Waals surface area contributed by atoms with Crippen molar-refractivity contribution in [2.45, 2.75) is 25.2 Å². The molecule has 0 aliphatic carbocycles. The summed E-state index contributed by atoms with van der Waals surface area (Å²) in [5, 5.41) is 0. The maximum atomic E-state index is 5.62. The second-order valence-electron chi connectivity index (χ2n) is 3.91. The summed E-state index contributed by atoms with van der Waals surface area (Å²) in [5.74, 6) is -0.288. The molecule has 2 aliphatic rings. The van der Waals surface area contributed by atoms with Crippen molar-refractivity contribution in [1.29, 1.82) is 0 Å². The summed E-state index contributed by atoms with van der Waals surface area (Å²) in [6, 6.07) is 0.437. The number of hydrogen-bond acceptors (Lipinski definition) is 4. The second kappa shape index (κ2) is 3.53. The van der Waals surface area contributed by atoms with Crippen LogP contribution in [-0.2, 0) is 9.47 Å². The van der Waals surface area contributed by atoms with Crippen LogP contribution in [0.15, 0.2) is 0 Å². The number of hydrogen-bond donors (Lipinski definition) is 1. The van der Waals surface area contributed by atoms with Gasteiger partial charge in [0, 0.05) is 25.6 Å². The Morgan fingerprint density at radius 1 is 1.46 bits per heavy atom. The molecule has 4 nitrogen and oxygen atoms in total. The molecule has 0 saturated carbocycles. The third-order valence-corrected chi connectivity index (χ3v) is 3.00. The molecule has 76 valence electrons. The molecule has 0 aromatic carbocycles. The molecule has 4 heteroatoms. The Hall–Kier alpha value is -0.160. The summed E-state index contributed by atoms with van der Waals surface area (Å²) in [4.78, 5) is 2.34. The Balaban J connectivity index is 1.93. The van der Waals surface area contributed by atoms with Crippen molar-refractivity contribution in [1.82, 2.24) is 4.90 Å². The molecule has 2 rings (SSSR count). The molecule has 0 aromatic rings. The van der Waals surface area contributed by atoms with Crippen LogP contribution in [0.25, 0.3) is 0 Å². The van der Waals surface area contributed by atoms with E-state index in [0.717, 1.165) is 32.7 Å². The van der Waals surface area contributed by atoms with Gasteiger partial charge in [-0.05, 0) is 6.92 Å². The maximum absolute atomic E-state index is 5.62. The first-order valence-corrected chi connectivity index (χ1v) is 4.98. The first-order valence-electron chi connectivity index (χ1n) is 4.98. The molecular formula is C9H18N2O2. The molecule has 0 aromatic heterocycles. The molecule has 0 amide bonds. The molecule has 2 saturated heterocycles. The van der Waals surface area contributed by atoms with Gasteiger partial charge in [-0.3, -0.25) is 4.90 Å². The van der Waals surface area contributed by atoms with Crippen molar-refractivity contribution in [2.24, 2.45) is 5.73 Å². The Morgan fingerprint density at radius 2 is 2.15 bits per heavy atom. The third-order valence-electron chi connectivity index (χ3n) is 3.00. The zero-order valence-electron chi connectivity index (χ0n) is 8.16. The Kier molecular flexibility index (Phi) is 2.55. The smallest absolute Gasteiger partial charge is 0.182 e. The Bertz CT molecular complexity index is 180. The fourth-order valence-electron chi connectivity index (χ4n) is 2.04. The van der Waals surface area contributed by atoms with E-state index < -0.39 is 0 Å². The lowest BCUT2D eigenvalue weighted by molar-refractivity contribution is -0.146. The van der Waals surface area contributed by atoms with Crippen LogP contribution < -0.4 is 5.73 Å². The standard InChI is InChI=1S/C9H18N2O2/c1-8(6-10)11-3-2-9(7-11)12-4-5-13-9/h8H,2-7,10H2,1H3. The van der Waals surface area contributed by atoms with Crippen LogP contribution in [0.1, 0.15) is 13.3 Å². The van der Waals surface area contributed by atoms with Crippen LogP contribution in [-0.4, -0.2) is 49.6 Å². The average Bonchev–Trinajstić information content (AvgIpc) is 2.76. The molecule has 1 atom stereocenters. The number of nitrogens with zero attached hydrogens (tertiary/aromatic N) is 1. The minimum Gasteiger partial charge on any atom is -0.346 e. The van der Waals surface area contributed by atoms with Gasteiger partial charge in [-0.1, -0.05) is 0 Å². The molecular weight excluding hydrogens is 168 g/mol. The van der Waals surface area contributed by atoms with Crippen LogP contribution in [0.5, 0.6) is 0 Å². The topological polar surface area (TPSA) is 47.7 Å². The molecule has 1 unspecified atom stereocenters. The lowest BCUT2D eigenvalue weighted by Crippen LogP contribution is -2.40. The highest BCUT2D eigenvalue weighted by molar-refractivity contribution is 4.89. The average molecular weight is 186 g/mol. The SMILES string of the molecule is CC(CN)N1CCC2(C1)OCCO2. The van der Waals surface area contributed by atoms with E-state index in [0.29, 0.717) is 12.6 Å². The van der Waals surface area contributed by atoms with E-state index in [1.165, 1.54) is 0 Å². The molecule has 1 spiro atoms. The van der Waals surface area contributed by atoms with E-state index in [1.54, 1.807) is 0 Å². The van der Waals surface area contributed by atoms with Crippen molar-refractivity contribution in [3.8, 4) is 0 Å². The lowest BCUT2D eigenvalue weighted by Gasteiger charge is -2.25. The Labute approximate surface area is 79.0 Å². The van der Waals surface area contributed by atoms with Gasteiger partial charge >= 0.3 is 0 Å². The minimum absolute atomic E-state index is 0.288. The normalized spacial score (nSPS) is 30.0. The fourth-order valence-corrected chi connectivity index (χ4v) is 2.04. The molecule has 2 N–H and O–H groups in total. The monoisotopic (exact) mass is 186 g/mol. The first-order chi connectivity index (χ1) is 6.26. The zero-order chi connectivity index (χ0) is 9.31. The summed E-state index contributed by atoms with van der Waals surface area (Å²) in [7, 11) is 0. The number of nitrogens with two attached hydrogens (primary N) is 1. The molecule has 13 heavy (non-hydrogen) atoms. The molecule has 2 heterocycles. The van der Waals surface area contributed by atoms with Gasteiger partial charge in [-0.2, -0.15) is 0 Å². The van der Waals surface area contributed by atoms with Crippen LogP contribution in [0.2, 0.25) is 0 Å². The van der Waals surface area contributed by atoms with Gasteiger partial charge in [0.1, 0.15) is 0 Å². The van der Waals surface area contributed by atoms with Gasteiger partial charge in [0.2, 0.25) is 0 Å². The van der Waals surface area contributed by atoms with E-state index >= 15 is 0 Å². The Morgan fingerprint density at radius 3 is 2.77 bits per heavy atom. The summed E-state index contributed by atoms with van der Waals surface area (Å²) in [6.45, 7) is 6.25. The maximum Gasteiger partial charge on any atom is 0.182 e. The van der Waals surface area contributed by atoms with Crippen LogP contribution in [0.3, 0.4) is 0 Å². The number of ether oxygens (including phenoxy) is 2. The van der Waals surface area contributed by atoms with Gasteiger partial charge in [-0.25, -0.2) is 0 Å².